The van der Waals surface area contributed by atoms with E-state index in [1.807, 2.05) is 45.0 Å². The Labute approximate surface area is 211 Å². The summed E-state index contributed by atoms with van der Waals surface area (Å²) in [6, 6.07) is 9.38. The molecule has 0 aliphatic carbocycles. The third-order valence-electron chi connectivity index (χ3n) is 5.68. The van der Waals surface area contributed by atoms with Crippen LogP contribution in [0, 0.1) is 12.8 Å². The van der Waals surface area contributed by atoms with E-state index in [1.54, 1.807) is 23.2 Å². The van der Waals surface area contributed by atoms with Crippen LogP contribution < -0.4 is 20.3 Å². The zero-order chi connectivity index (χ0) is 24.7. The van der Waals surface area contributed by atoms with Gasteiger partial charge < -0.3 is 14.8 Å². The van der Waals surface area contributed by atoms with Gasteiger partial charge in [-0.05, 0) is 48.2 Å². The number of amides is 1. The van der Waals surface area contributed by atoms with Crippen molar-refractivity contribution in [3.63, 3.8) is 0 Å². The average Bonchev–Trinajstić information content (AvgIpc) is 3.39. The topological polar surface area (TPSA) is 85.2 Å². The van der Waals surface area contributed by atoms with Gasteiger partial charge in [0.05, 0.1) is 10.5 Å². The number of rotatable bonds is 6. The van der Waals surface area contributed by atoms with Crippen LogP contribution in [0.25, 0.3) is 11.7 Å². The van der Waals surface area contributed by atoms with Crippen LogP contribution in [0.1, 0.15) is 30.5 Å². The highest BCUT2D eigenvalue weighted by Crippen LogP contribution is 2.34. The summed E-state index contributed by atoms with van der Waals surface area (Å²) >= 11 is 6.64. The number of nitrogens with zero attached hydrogens (tertiary/aromatic N) is 3. The van der Waals surface area contributed by atoms with E-state index in [0.29, 0.717) is 50.8 Å². The summed E-state index contributed by atoms with van der Waals surface area (Å²) in [5, 5.41) is 3.29. The minimum atomic E-state index is -0.263. The van der Waals surface area contributed by atoms with Gasteiger partial charge in [-0.15, -0.1) is 0 Å². The monoisotopic (exact) mass is 508 g/mol. The highest BCUT2D eigenvalue weighted by molar-refractivity contribution is 8.26. The van der Waals surface area contributed by atoms with Crippen molar-refractivity contribution in [3.8, 4) is 11.5 Å². The maximum atomic E-state index is 13.5. The Hall–Kier alpha value is -3.37. The lowest BCUT2D eigenvalue weighted by molar-refractivity contribution is -0.122. The second kappa shape index (κ2) is 9.35. The molecule has 180 valence electrons. The van der Waals surface area contributed by atoms with Gasteiger partial charge >= 0.3 is 0 Å². The molecule has 0 unspecified atom stereocenters. The maximum Gasteiger partial charge on any atom is 0.267 e. The maximum absolute atomic E-state index is 13.5. The number of carbonyl (C=O) groups is 1. The van der Waals surface area contributed by atoms with Gasteiger partial charge in [0.15, 0.2) is 11.5 Å². The molecule has 2 aromatic heterocycles. The number of ether oxygens (including phenoxy) is 2. The number of carbonyl (C=O) groups excluding carboxylic acids is 1. The van der Waals surface area contributed by atoms with Crippen LogP contribution in [-0.2, 0) is 11.3 Å². The third kappa shape index (κ3) is 4.51. The second-order valence-electron chi connectivity index (χ2n) is 8.79. The number of thioether (sulfide) groups is 1. The Morgan fingerprint density at radius 1 is 1.23 bits per heavy atom. The van der Waals surface area contributed by atoms with E-state index in [-0.39, 0.29) is 24.2 Å². The predicted molar refractivity (Wildman–Crippen MR) is 141 cm³/mol. The molecule has 0 radical (unpaired) electrons. The molecule has 1 aromatic carbocycles. The molecule has 0 bridgehead atoms. The molecule has 4 heterocycles. The lowest BCUT2D eigenvalue weighted by atomic mass is 10.2. The first-order valence-corrected chi connectivity index (χ1v) is 12.4. The Morgan fingerprint density at radius 2 is 2.03 bits per heavy atom. The number of thiocarbonyl (C=S) groups is 1. The van der Waals surface area contributed by atoms with Crippen LogP contribution >= 0.6 is 24.0 Å². The molecule has 2 aliphatic heterocycles. The van der Waals surface area contributed by atoms with Crippen LogP contribution in [0.4, 0.5) is 5.82 Å². The Kier molecular flexibility index (Phi) is 6.24. The molecule has 2 aliphatic rings. The number of hydrogen-bond donors (Lipinski definition) is 1. The van der Waals surface area contributed by atoms with Gasteiger partial charge in [0.1, 0.15) is 15.8 Å². The van der Waals surface area contributed by atoms with E-state index < -0.39 is 0 Å². The molecule has 1 N–H and O–H groups in total. The van der Waals surface area contributed by atoms with Gasteiger partial charge in [-0.3, -0.25) is 18.9 Å². The van der Waals surface area contributed by atoms with Crippen LogP contribution in [0.15, 0.2) is 46.2 Å². The highest BCUT2D eigenvalue weighted by atomic mass is 32.2. The fourth-order valence-corrected chi connectivity index (χ4v) is 5.22. The van der Waals surface area contributed by atoms with Crippen molar-refractivity contribution in [1.29, 1.82) is 0 Å². The summed E-state index contributed by atoms with van der Waals surface area (Å²) in [6.07, 6.45) is 3.28. The molecule has 3 aromatic rings. The highest BCUT2D eigenvalue weighted by Gasteiger charge is 2.33. The first kappa shape index (κ1) is 23.4. The summed E-state index contributed by atoms with van der Waals surface area (Å²) in [5.74, 6) is 1.86. The summed E-state index contributed by atoms with van der Waals surface area (Å²) in [7, 11) is 0. The first-order valence-electron chi connectivity index (χ1n) is 11.2. The first-order chi connectivity index (χ1) is 16.8. The molecule has 5 rings (SSSR count). The Balaban J connectivity index is 1.54. The van der Waals surface area contributed by atoms with Gasteiger partial charge in [-0.2, -0.15) is 0 Å². The van der Waals surface area contributed by atoms with Crippen molar-refractivity contribution in [2.24, 2.45) is 5.92 Å². The van der Waals surface area contributed by atoms with Gasteiger partial charge in [-0.25, -0.2) is 4.98 Å². The lowest BCUT2D eigenvalue weighted by Crippen LogP contribution is -2.31. The van der Waals surface area contributed by atoms with Crippen LogP contribution in [0.2, 0.25) is 0 Å². The van der Waals surface area contributed by atoms with E-state index in [9.17, 15) is 9.59 Å². The molecule has 35 heavy (non-hydrogen) atoms. The second-order valence-corrected chi connectivity index (χ2v) is 10.5. The molecule has 0 spiro atoms. The van der Waals surface area contributed by atoms with Crippen molar-refractivity contribution >= 4 is 51.7 Å². The largest absolute Gasteiger partial charge is 0.454 e. The summed E-state index contributed by atoms with van der Waals surface area (Å²) in [6.45, 7) is 7.10. The fourth-order valence-electron chi connectivity index (χ4n) is 3.97. The van der Waals surface area contributed by atoms with E-state index in [2.05, 4.69) is 5.32 Å². The Bertz CT molecular complexity index is 1450. The van der Waals surface area contributed by atoms with Crippen molar-refractivity contribution in [1.82, 2.24) is 14.3 Å². The zero-order valence-electron chi connectivity index (χ0n) is 19.5. The number of anilines is 1. The standard InChI is InChI=1S/C25H24N4O4S2/c1-14(2)12-29-24(31)20(35-25(29)34)10-17-21(27-22-15(3)5-4-8-28(22)23(17)30)26-11-16-6-7-18-19(9-16)33-13-32-18/h4-10,14,26H,11-13H2,1-3H3. The van der Waals surface area contributed by atoms with E-state index >= 15 is 0 Å². The molecule has 1 fully saturated rings. The number of aromatic nitrogens is 2. The Morgan fingerprint density at radius 3 is 2.83 bits per heavy atom. The number of aryl methyl sites for hydroxylation is 1. The van der Waals surface area contributed by atoms with Crippen molar-refractivity contribution in [2.75, 3.05) is 18.7 Å². The van der Waals surface area contributed by atoms with E-state index in [1.165, 1.54) is 16.2 Å². The van der Waals surface area contributed by atoms with E-state index in [0.717, 1.165) is 11.1 Å². The SMILES string of the molecule is Cc1cccn2c(=O)c(C=C3SC(=S)N(CC(C)C)C3=O)c(NCc3ccc4c(c3)OCO4)nc12. The number of nitrogens with one attached hydrogen (secondary N) is 1. The predicted octanol–water partition coefficient (Wildman–Crippen LogP) is 4.20. The average molecular weight is 509 g/mol. The fraction of sp³-hybridized carbons (Fsp3) is 0.280. The van der Waals surface area contributed by atoms with Crippen molar-refractivity contribution in [2.45, 2.75) is 27.3 Å². The molecule has 1 amide bonds. The van der Waals surface area contributed by atoms with Gasteiger partial charge in [0.25, 0.3) is 11.5 Å². The summed E-state index contributed by atoms with van der Waals surface area (Å²) in [4.78, 5) is 33.4. The van der Waals surface area contributed by atoms with E-state index in [4.69, 9.17) is 26.7 Å². The van der Waals surface area contributed by atoms with Crippen LogP contribution in [0.3, 0.4) is 0 Å². The molecule has 0 atom stereocenters. The smallest absolute Gasteiger partial charge is 0.267 e. The third-order valence-corrected chi connectivity index (χ3v) is 7.06. The minimum Gasteiger partial charge on any atom is -0.454 e. The lowest BCUT2D eigenvalue weighted by Gasteiger charge is -2.16. The minimum absolute atomic E-state index is 0.191. The number of fused-ring (bicyclic) bond motifs is 2. The summed E-state index contributed by atoms with van der Waals surface area (Å²) in [5.41, 5.74) is 2.40. The number of benzene rings is 1. The molecule has 1 saturated heterocycles. The normalized spacial score (nSPS) is 16.2. The molecule has 10 heteroatoms. The zero-order valence-corrected chi connectivity index (χ0v) is 21.2. The molecule has 0 saturated carbocycles. The summed E-state index contributed by atoms with van der Waals surface area (Å²) < 4.78 is 12.8. The van der Waals surface area contributed by atoms with Crippen LogP contribution in [-0.4, -0.2) is 37.8 Å². The molecular formula is C25H24N4O4S2. The number of hydrogen-bond acceptors (Lipinski definition) is 8. The van der Waals surface area contributed by atoms with Crippen LogP contribution in [0.5, 0.6) is 11.5 Å². The molecule has 8 nitrogen and oxygen atoms in total. The number of pyridine rings is 1. The molecular weight excluding hydrogens is 484 g/mol. The van der Waals surface area contributed by atoms with Gasteiger partial charge in [0.2, 0.25) is 6.79 Å². The van der Waals surface area contributed by atoms with Gasteiger partial charge in [-0.1, -0.05) is 50.0 Å². The van der Waals surface area contributed by atoms with Crippen molar-refractivity contribution in [3.05, 3.63) is 68.5 Å². The van der Waals surface area contributed by atoms with Gasteiger partial charge in [0, 0.05) is 19.3 Å². The van der Waals surface area contributed by atoms with Crippen molar-refractivity contribution < 1.29 is 14.3 Å². The quantitative estimate of drug-likeness (QED) is 0.392.